The molecule has 0 spiro atoms. The summed E-state index contributed by atoms with van der Waals surface area (Å²) in [4.78, 5) is 22.3. The van der Waals surface area contributed by atoms with Crippen molar-refractivity contribution in [1.82, 2.24) is 9.97 Å². The van der Waals surface area contributed by atoms with E-state index in [2.05, 4.69) is 40.6 Å². The molecule has 0 saturated carbocycles. The molecule has 1 amide bonds. The molecule has 5 nitrogen and oxygen atoms in total. The average molecular weight is 569 g/mol. The van der Waals surface area contributed by atoms with Crippen molar-refractivity contribution in [3.05, 3.63) is 120 Å². The highest BCUT2D eigenvalue weighted by Crippen LogP contribution is 2.34. The van der Waals surface area contributed by atoms with Gasteiger partial charge in [0, 0.05) is 34.2 Å². The second-order valence-corrected chi connectivity index (χ2v) is 11.3. The van der Waals surface area contributed by atoms with Gasteiger partial charge in [-0.1, -0.05) is 97.1 Å². The summed E-state index contributed by atoms with van der Waals surface area (Å²) in [5, 5.41) is 18.5. The molecule has 1 N–H and O–H groups in total. The van der Waals surface area contributed by atoms with Crippen LogP contribution in [-0.2, 0) is 4.79 Å². The maximum absolute atomic E-state index is 12.8. The number of anilines is 1. The number of pyridine rings is 1. The number of nitriles is 1. The summed E-state index contributed by atoms with van der Waals surface area (Å²) in [6.07, 6.45) is 0.262. The number of aromatic nitrogens is 2. The average Bonchev–Trinajstić information content (AvgIpc) is 3.49. The summed E-state index contributed by atoms with van der Waals surface area (Å²) < 4.78 is 0. The number of amides is 1. The van der Waals surface area contributed by atoms with Crippen LogP contribution < -0.4 is 5.32 Å². The zero-order valence-electron chi connectivity index (χ0n) is 22.0. The smallest absolute Gasteiger partial charge is 0.226 e. The third kappa shape index (κ3) is 6.04. The summed E-state index contributed by atoms with van der Waals surface area (Å²) in [7, 11) is 0. The Kier molecular flexibility index (Phi) is 7.85. The molecule has 6 rings (SSSR count). The van der Waals surface area contributed by atoms with Gasteiger partial charge in [0.1, 0.15) is 11.1 Å². The first kappa shape index (κ1) is 26.5. The second kappa shape index (κ2) is 12.2. The Hall–Kier alpha value is -4.77. The van der Waals surface area contributed by atoms with Crippen molar-refractivity contribution < 1.29 is 4.79 Å². The van der Waals surface area contributed by atoms with E-state index in [4.69, 9.17) is 4.98 Å². The SMILES string of the molecule is N#Cc1c(-c2ccccc2)cc(-c2ccccc2)nc1SCCC(=O)Nc1nc(-c2ccc3ccccc3c2)cs1. The van der Waals surface area contributed by atoms with Gasteiger partial charge in [0.2, 0.25) is 5.91 Å². The van der Waals surface area contributed by atoms with E-state index in [1.54, 1.807) is 0 Å². The van der Waals surface area contributed by atoms with Gasteiger partial charge >= 0.3 is 0 Å². The van der Waals surface area contributed by atoms with Gasteiger partial charge < -0.3 is 5.32 Å². The van der Waals surface area contributed by atoms with E-state index >= 15 is 0 Å². The van der Waals surface area contributed by atoms with E-state index in [-0.39, 0.29) is 12.3 Å². The molecular formula is C34H24N4OS2. The quantitative estimate of drug-likeness (QED) is 0.186. The van der Waals surface area contributed by atoms with Crippen LogP contribution in [-0.4, -0.2) is 21.6 Å². The van der Waals surface area contributed by atoms with Gasteiger partial charge in [-0.3, -0.25) is 4.79 Å². The molecule has 2 aromatic heterocycles. The number of nitrogens with zero attached hydrogens (tertiary/aromatic N) is 3. The molecule has 0 atom stereocenters. The van der Waals surface area contributed by atoms with Crippen LogP contribution in [0.25, 0.3) is 44.4 Å². The number of thiazole rings is 1. The van der Waals surface area contributed by atoms with Crippen LogP contribution in [0, 0.1) is 11.3 Å². The predicted octanol–water partition coefficient (Wildman–Crippen LogP) is 8.68. The van der Waals surface area contributed by atoms with Crippen LogP contribution in [0.15, 0.2) is 120 Å². The fourth-order valence-electron chi connectivity index (χ4n) is 4.57. The Balaban J connectivity index is 1.16. The van der Waals surface area contributed by atoms with Crippen LogP contribution >= 0.6 is 23.1 Å². The van der Waals surface area contributed by atoms with Crippen molar-refractivity contribution in [3.8, 4) is 39.7 Å². The first-order valence-corrected chi connectivity index (χ1v) is 15.0. The number of rotatable bonds is 8. The van der Waals surface area contributed by atoms with E-state index < -0.39 is 0 Å². The van der Waals surface area contributed by atoms with Crippen LogP contribution in [0.5, 0.6) is 0 Å². The van der Waals surface area contributed by atoms with Crippen LogP contribution in [0.1, 0.15) is 12.0 Å². The molecule has 0 bridgehead atoms. The maximum Gasteiger partial charge on any atom is 0.226 e. The Morgan fingerprint density at radius 3 is 2.24 bits per heavy atom. The number of fused-ring (bicyclic) bond motifs is 1. The minimum atomic E-state index is -0.127. The van der Waals surface area contributed by atoms with Crippen molar-refractivity contribution in [2.45, 2.75) is 11.4 Å². The third-order valence-electron chi connectivity index (χ3n) is 6.62. The van der Waals surface area contributed by atoms with Gasteiger partial charge in [0.25, 0.3) is 0 Å². The van der Waals surface area contributed by atoms with Gasteiger partial charge in [-0.25, -0.2) is 9.97 Å². The molecule has 0 unspecified atom stereocenters. The normalized spacial score (nSPS) is 10.8. The van der Waals surface area contributed by atoms with Crippen LogP contribution in [0.3, 0.4) is 0 Å². The van der Waals surface area contributed by atoms with E-state index in [1.165, 1.54) is 28.5 Å². The monoisotopic (exact) mass is 568 g/mol. The molecule has 198 valence electrons. The number of hydrogen-bond donors (Lipinski definition) is 1. The number of carbonyl (C=O) groups is 1. The summed E-state index contributed by atoms with van der Waals surface area (Å²) in [6.45, 7) is 0. The minimum absolute atomic E-state index is 0.127. The maximum atomic E-state index is 12.8. The Labute approximate surface area is 246 Å². The summed E-state index contributed by atoms with van der Waals surface area (Å²) in [5.74, 6) is 0.348. The van der Waals surface area contributed by atoms with Crippen LogP contribution in [0.4, 0.5) is 5.13 Å². The van der Waals surface area contributed by atoms with E-state index in [0.29, 0.717) is 21.5 Å². The molecular weight excluding hydrogens is 545 g/mol. The van der Waals surface area contributed by atoms with Gasteiger partial charge in [-0.2, -0.15) is 5.26 Å². The molecule has 0 aliphatic carbocycles. The highest BCUT2D eigenvalue weighted by molar-refractivity contribution is 7.99. The standard InChI is InChI=1S/C34H24N4OS2/c35-21-29-28(24-10-3-1-4-11-24)20-30(25-12-5-2-6-13-25)36-33(29)40-18-17-32(39)38-34-37-31(22-41-34)27-16-15-23-9-7-8-14-26(23)19-27/h1-16,19-20,22H,17-18H2,(H,37,38,39). The van der Waals surface area contributed by atoms with Crippen molar-refractivity contribution >= 4 is 44.9 Å². The zero-order valence-corrected chi connectivity index (χ0v) is 23.6. The molecule has 2 heterocycles. The minimum Gasteiger partial charge on any atom is -0.302 e. The second-order valence-electron chi connectivity index (χ2n) is 9.33. The molecule has 0 aliphatic rings. The summed E-state index contributed by atoms with van der Waals surface area (Å²) in [6, 6.07) is 38.5. The third-order valence-corrected chi connectivity index (χ3v) is 8.35. The number of nitrogens with one attached hydrogen (secondary N) is 1. The van der Waals surface area contributed by atoms with E-state index in [9.17, 15) is 10.1 Å². The lowest BCUT2D eigenvalue weighted by molar-refractivity contribution is -0.115. The van der Waals surface area contributed by atoms with Crippen molar-refractivity contribution in [1.29, 1.82) is 5.26 Å². The molecule has 0 fully saturated rings. The fourth-order valence-corrected chi connectivity index (χ4v) is 6.25. The molecule has 4 aromatic carbocycles. The molecule has 6 aromatic rings. The topological polar surface area (TPSA) is 78.7 Å². The lowest BCUT2D eigenvalue weighted by Gasteiger charge is -2.12. The largest absolute Gasteiger partial charge is 0.302 e. The molecule has 0 radical (unpaired) electrons. The lowest BCUT2D eigenvalue weighted by Crippen LogP contribution is -2.12. The van der Waals surface area contributed by atoms with Gasteiger partial charge in [-0.05, 0) is 28.5 Å². The summed E-state index contributed by atoms with van der Waals surface area (Å²) >= 11 is 2.83. The highest BCUT2D eigenvalue weighted by atomic mass is 32.2. The van der Waals surface area contributed by atoms with E-state index in [1.807, 2.05) is 90.3 Å². The number of hydrogen-bond acceptors (Lipinski definition) is 6. The first-order valence-electron chi connectivity index (χ1n) is 13.1. The number of carbonyl (C=O) groups excluding carboxylic acids is 1. The molecule has 0 saturated heterocycles. The lowest BCUT2D eigenvalue weighted by atomic mass is 9.99. The fraction of sp³-hybridized carbons (Fsp3) is 0.0588. The van der Waals surface area contributed by atoms with E-state index in [0.717, 1.165) is 39.0 Å². The first-order chi connectivity index (χ1) is 20.2. The zero-order chi connectivity index (χ0) is 28.0. The van der Waals surface area contributed by atoms with Gasteiger partial charge in [-0.15, -0.1) is 23.1 Å². The van der Waals surface area contributed by atoms with Crippen molar-refractivity contribution in [2.75, 3.05) is 11.1 Å². The molecule has 0 aliphatic heterocycles. The summed E-state index contributed by atoms with van der Waals surface area (Å²) in [5.41, 5.74) is 5.91. The van der Waals surface area contributed by atoms with Gasteiger partial charge in [0.15, 0.2) is 5.13 Å². The Bertz CT molecular complexity index is 1880. The molecule has 41 heavy (non-hydrogen) atoms. The van der Waals surface area contributed by atoms with Crippen LogP contribution in [0.2, 0.25) is 0 Å². The van der Waals surface area contributed by atoms with Crippen molar-refractivity contribution in [2.24, 2.45) is 0 Å². The predicted molar refractivity (Wildman–Crippen MR) is 169 cm³/mol. The number of thioether (sulfide) groups is 1. The highest BCUT2D eigenvalue weighted by Gasteiger charge is 2.17. The number of benzene rings is 4. The Morgan fingerprint density at radius 2 is 1.49 bits per heavy atom. The molecule has 7 heteroatoms. The Morgan fingerprint density at radius 1 is 0.780 bits per heavy atom. The van der Waals surface area contributed by atoms with Crippen molar-refractivity contribution in [3.63, 3.8) is 0 Å². The van der Waals surface area contributed by atoms with Gasteiger partial charge in [0.05, 0.1) is 17.0 Å².